The molecule has 0 aromatic heterocycles. The fraction of sp³-hybridized carbons (Fsp3) is 0.879. The highest BCUT2D eigenvalue weighted by Crippen LogP contribution is 2.35. The predicted octanol–water partition coefficient (Wildman–Crippen LogP) is -8.47. The number of unbranched alkanes of at least 4 members (excludes halogenated alkanes) is 2. The monoisotopic (exact) mass is 1020 g/mol. The van der Waals surface area contributed by atoms with Crippen LogP contribution in [0.1, 0.15) is 33.1 Å². The molecule has 34 heteroatoms. The zero-order valence-electron chi connectivity index (χ0n) is 35.2. The van der Waals surface area contributed by atoms with Gasteiger partial charge in [0.05, 0.1) is 13.2 Å². The fourth-order valence-electron chi connectivity index (χ4n) is 7.34. The Morgan fingerprint density at radius 1 is 0.537 bits per heavy atom. The van der Waals surface area contributed by atoms with E-state index >= 15 is 0 Å². The first-order valence-electron chi connectivity index (χ1n) is 20.1. The Morgan fingerprint density at radius 3 is 1.42 bits per heavy atom. The van der Waals surface area contributed by atoms with E-state index in [9.17, 15) is 91.1 Å². The molecular formula is C33H55N3O29S2. The number of aliphatic hydroxyl groups excluding tert-OH is 7. The van der Waals surface area contributed by atoms with E-state index in [2.05, 4.69) is 19.0 Å². The van der Waals surface area contributed by atoms with E-state index < -0.39 is 180 Å². The number of ether oxygens (including phenoxy) is 8. The second kappa shape index (κ2) is 24.2. The number of hydrogen-bond acceptors (Lipinski definition) is 26. The standard InChI is InChI=1S/C33H55N3O29S2/c1-10(37)35-14-16(39)23(12(8-57-66(50,51)52)59-30(14)56-7-5-3-4-6-34)62-33-22(45)20(43)25(27(65-33)29(48)49)63-31-15(36-11(2)38)17(40)24(13(60-31)9-58-67(53,54)55)61-32-21(44)18(41)19(42)26(64-32)28(46)47/h12-27,30-33,39-45H,3-9,34H2,1-2H3,(H,35,37)(H,36,38)(H,46,47)(H,48,49)(H,50,51,52)(H,53,54,55)/t12-,13-,14-,15-,16-,17-,18+,19+,20-,21-,22-,23-,24-,25+,26-,27+,30+,31-,32-,33-/m1/s1. The molecule has 4 aliphatic rings. The van der Waals surface area contributed by atoms with Crippen molar-refractivity contribution in [1.82, 2.24) is 10.6 Å². The van der Waals surface area contributed by atoms with Crippen molar-refractivity contribution in [2.24, 2.45) is 5.73 Å². The minimum Gasteiger partial charge on any atom is -0.479 e. The molecule has 388 valence electrons. The summed E-state index contributed by atoms with van der Waals surface area (Å²) < 4.78 is 118. The Labute approximate surface area is 379 Å². The molecule has 32 nitrogen and oxygen atoms in total. The van der Waals surface area contributed by atoms with Crippen LogP contribution < -0.4 is 16.4 Å². The second-order valence-corrected chi connectivity index (χ2v) is 17.6. The highest BCUT2D eigenvalue weighted by molar-refractivity contribution is 7.81. The van der Waals surface area contributed by atoms with Crippen LogP contribution in [-0.4, -0.2) is 245 Å². The summed E-state index contributed by atoms with van der Waals surface area (Å²) in [6, 6.07) is -3.55. The van der Waals surface area contributed by atoms with Crippen LogP contribution in [0.2, 0.25) is 0 Å². The summed E-state index contributed by atoms with van der Waals surface area (Å²) in [6.07, 6.45) is -38.1. The molecule has 67 heavy (non-hydrogen) atoms. The van der Waals surface area contributed by atoms with E-state index in [1.807, 2.05) is 0 Å². The van der Waals surface area contributed by atoms with Crippen LogP contribution >= 0.6 is 0 Å². The minimum atomic E-state index is -5.37. The van der Waals surface area contributed by atoms with E-state index in [1.165, 1.54) is 0 Å². The average molecular weight is 1020 g/mol. The quantitative estimate of drug-likeness (QED) is 0.0354. The number of carboxylic acids is 2. The highest BCUT2D eigenvalue weighted by atomic mass is 32.3. The molecule has 4 rings (SSSR count). The third-order valence-corrected chi connectivity index (χ3v) is 11.3. The van der Waals surface area contributed by atoms with Crippen LogP contribution in [0.3, 0.4) is 0 Å². The first-order valence-corrected chi connectivity index (χ1v) is 22.8. The molecule has 0 bridgehead atoms. The molecule has 0 saturated carbocycles. The molecular weight excluding hydrogens is 966 g/mol. The van der Waals surface area contributed by atoms with E-state index in [0.717, 1.165) is 13.8 Å². The Hall–Kier alpha value is -3.02. The number of carbonyl (C=O) groups is 4. The number of aliphatic carboxylic acids is 2. The third kappa shape index (κ3) is 15.2. The van der Waals surface area contributed by atoms with Crippen LogP contribution in [0.5, 0.6) is 0 Å². The van der Waals surface area contributed by atoms with E-state index in [0.29, 0.717) is 25.8 Å². The van der Waals surface area contributed by atoms with Gasteiger partial charge in [-0.3, -0.25) is 18.7 Å². The van der Waals surface area contributed by atoms with Gasteiger partial charge in [-0.15, -0.1) is 0 Å². The summed E-state index contributed by atoms with van der Waals surface area (Å²) in [6.45, 7) is -0.260. The smallest absolute Gasteiger partial charge is 0.397 e. The molecule has 4 aliphatic heterocycles. The third-order valence-electron chi connectivity index (χ3n) is 10.5. The normalized spacial score (nSPS) is 39.6. The number of hydrogen-bond donors (Lipinski definition) is 14. The van der Waals surface area contributed by atoms with Crippen molar-refractivity contribution in [2.75, 3.05) is 26.4 Å². The lowest BCUT2D eigenvalue weighted by molar-refractivity contribution is -0.371. The zero-order chi connectivity index (χ0) is 50.3. The molecule has 0 radical (unpaired) electrons. The molecule has 4 fully saturated rings. The maximum Gasteiger partial charge on any atom is 0.397 e. The van der Waals surface area contributed by atoms with Crippen LogP contribution in [-0.2, 0) is 86.2 Å². The summed E-state index contributed by atoms with van der Waals surface area (Å²) >= 11 is 0. The molecule has 0 aliphatic carbocycles. The Morgan fingerprint density at radius 2 is 0.970 bits per heavy atom. The number of amides is 2. The van der Waals surface area contributed by atoms with Gasteiger partial charge in [-0.05, 0) is 25.8 Å². The fourth-order valence-corrected chi connectivity index (χ4v) is 7.95. The lowest BCUT2D eigenvalue weighted by Gasteiger charge is -2.49. The van der Waals surface area contributed by atoms with Gasteiger partial charge in [0.1, 0.15) is 85.3 Å². The molecule has 0 aromatic rings. The molecule has 20 atom stereocenters. The Kier molecular flexibility index (Phi) is 20.4. The van der Waals surface area contributed by atoms with Gasteiger partial charge in [-0.2, -0.15) is 16.8 Å². The Bertz CT molecular complexity index is 1900. The number of carboxylic acid groups (broad SMARTS) is 2. The lowest BCUT2D eigenvalue weighted by Crippen LogP contribution is -2.70. The summed E-state index contributed by atoms with van der Waals surface area (Å²) in [5.74, 6) is -5.61. The van der Waals surface area contributed by atoms with Gasteiger partial charge in [0, 0.05) is 20.5 Å². The van der Waals surface area contributed by atoms with Crippen molar-refractivity contribution in [3.8, 4) is 0 Å². The molecule has 0 spiro atoms. The van der Waals surface area contributed by atoms with Gasteiger partial charge in [0.2, 0.25) is 11.8 Å². The number of rotatable bonds is 22. The lowest BCUT2D eigenvalue weighted by atomic mass is 9.94. The van der Waals surface area contributed by atoms with Gasteiger partial charge in [-0.1, -0.05) is 0 Å². The molecule has 0 aromatic carbocycles. The van der Waals surface area contributed by atoms with E-state index in [4.69, 9.17) is 43.6 Å². The van der Waals surface area contributed by atoms with Gasteiger partial charge in [0.25, 0.3) is 0 Å². The molecule has 4 heterocycles. The summed E-state index contributed by atoms with van der Waals surface area (Å²) in [4.78, 5) is 49.0. The van der Waals surface area contributed by atoms with Crippen molar-refractivity contribution in [3.63, 3.8) is 0 Å². The van der Waals surface area contributed by atoms with Crippen molar-refractivity contribution in [3.05, 3.63) is 0 Å². The summed E-state index contributed by atoms with van der Waals surface area (Å²) in [7, 11) is -10.6. The van der Waals surface area contributed by atoms with Gasteiger partial charge >= 0.3 is 32.7 Å². The molecule has 4 saturated heterocycles. The zero-order valence-corrected chi connectivity index (χ0v) is 36.8. The van der Waals surface area contributed by atoms with E-state index in [-0.39, 0.29) is 6.61 Å². The second-order valence-electron chi connectivity index (χ2n) is 15.4. The largest absolute Gasteiger partial charge is 0.479 e. The van der Waals surface area contributed by atoms with Crippen molar-refractivity contribution in [2.45, 2.75) is 156 Å². The number of aliphatic hydroxyl groups is 7. The molecule has 15 N–H and O–H groups in total. The van der Waals surface area contributed by atoms with Gasteiger partial charge < -0.3 is 100 Å². The molecule has 2 amide bonds. The topological polar surface area (TPSA) is 501 Å². The summed E-state index contributed by atoms with van der Waals surface area (Å²) in [5.41, 5.74) is 5.50. The number of nitrogens with one attached hydrogen (secondary N) is 2. The van der Waals surface area contributed by atoms with Crippen LogP contribution in [0.4, 0.5) is 0 Å². The maximum atomic E-state index is 12.7. The molecule has 0 unspecified atom stereocenters. The van der Waals surface area contributed by atoms with Crippen molar-refractivity contribution < 1.29 is 137 Å². The SMILES string of the molecule is CC(=O)N[C@H]1[C@@H](O[C@H]2[C@H](O)[C@@H](O)[C@H](O[C@H]3[C@H](O)[C@@H](NC(C)=O)[C@@H](OCCCCCN)O[C@@H]3COS(=O)(=O)O)O[C@@H]2C(=O)O)O[C@H](COS(=O)(=O)O)[C@@H](O[C@@H]2O[C@@H](C(=O)O)[C@@H](O)[C@H](O)[C@H]2O)[C@@H]1O. The van der Waals surface area contributed by atoms with E-state index in [1.54, 1.807) is 0 Å². The van der Waals surface area contributed by atoms with Crippen LogP contribution in [0, 0.1) is 0 Å². The number of carbonyl (C=O) groups excluding carboxylic acids is 2. The average Bonchev–Trinajstić information content (AvgIpc) is 3.22. The maximum absolute atomic E-state index is 12.7. The van der Waals surface area contributed by atoms with Crippen LogP contribution in [0.25, 0.3) is 0 Å². The van der Waals surface area contributed by atoms with Crippen molar-refractivity contribution in [1.29, 1.82) is 0 Å². The van der Waals surface area contributed by atoms with Gasteiger partial charge in [0.15, 0.2) is 37.4 Å². The predicted molar refractivity (Wildman–Crippen MR) is 206 cm³/mol. The number of nitrogens with two attached hydrogens (primary N) is 1. The minimum absolute atomic E-state index is 0.0455. The van der Waals surface area contributed by atoms with Crippen LogP contribution in [0.15, 0.2) is 0 Å². The highest BCUT2D eigenvalue weighted by Gasteiger charge is 2.57. The summed E-state index contributed by atoms with van der Waals surface area (Å²) in [5, 5.41) is 101. The first-order chi connectivity index (χ1) is 31.1. The van der Waals surface area contributed by atoms with Gasteiger partial charge in [-0.25, -0.2) is 18.0 Å². The Balaban J connectivity index is 1.64. The van der Waals surface area contributed by atoms with Crippen molar-refractivity contribution >= 4 is 44.6 Å². The first kappa shape index (κ1) is 56.6.